The zero-order valence-electron chi connectivity index (χ0n) is 12.6. The molecular formula is C17H25N3O. The number of nitrogens with one attached hydrogen (secondary N) is 2. The zero-order chi connectivity index (χ0) is 14.5. The fourth-order valence-corrected chi connectivity index (χ4v) is 3.35. The van der Waals surface area contributed by atoms with Crippen LogP contribution in [0.1, 0.15) is 19.3 Å². The quantitative estimate of drug-likeness (QED) is 0.884. The standard InChI is InChI=1S/C17H25N3O/c21-17(15-6-9-18-10-7-15)19-12-14-8-11-20(13-14)16-4-2-1-3-5-16/h1-5,14-15,18H,6-13H2,(H,19,21). The Kier molecular flexibility index (Phi) is 4.76. The highest BCUT2D eigenvalue weighted by Gasteiger charge is 2.25. The predicted octanol–water partition coefficient (Wildman–Crippen LogP) is 1.63. The van der Waals surface area contributed by atoms with E-state index < -0.39 is 0 Å². The Morgan fingerprint density at radius 1 is 1.19 bits per heavy atom. The van der Waals surface area contributed by atoms with Gasteiger partial charge in [-0.15, -0.1) is 0 Å². The Morgan fingerprint density at radius 3 is 2.71 bits per heavy atom. The van der Waals surface area contributed by atoms with Gasteiger partial charge in [0.05, 0.1) is 0 Å². The molecule has 0 saturated carbocycles. The van der Waals surface area contributed by atoms with Gasteiger partial charge in [-0.25, -0.2) is 0 Å². The van der Waals surface area contributed by atoms with E-state index in [1.807, 2.05) is 0 Å². The minimum Gasteiger partial charge on any atom is -0.371 e. The van der Waals surface area contributed by atoms with E-state index in [-0.39, 0.29) is 11.8 Å². The number of anilines is 1. The molecule has 2 saturated heterocycles. The fourth-order valence-electron chi connectivity index (χ4n) is 3.35. The van der Waals surface area contributed by atoms with E-state index >= 15 is 0 Å². The van der Waals surface area contributed by atoms with E-state index in [0.29, 0.717) is 5.92 Å². The van der Waals surface area contributed by atoms with Crippen LogP contribution in [0.25, 0.3) is 0 Å². The average Bonchev–Trinajstić information content (AvgIpc) is 3.03. The second-order valence-corrected chi connectivity index (χ2v) is 6.21. The number of benzene rings is 1. The first-order valence-corrected chi connectivity index (χ1v) is 8.11. The molecule has 1 aromatic carbocycles. The van der Waals surface area contributed by atoms with Gasteiger partial charge < -0.3 is 15.5 Å². The highest BCUT2D eigenvalue weighted by atomic mass is 16.1. The number of nitrogens with zero attached hydrogens (tertiary/aromatic N) is 1. The molecule has 1 atom stereocenters. The van der Waals surface area contributed by atoms with Gasteiger partial charge in [-0.3, -0.25) is 4.79 Å². The molecule has 2 fully saturated rings. The molecular weight excluding hydrogens is 262 g/mol. The Balaban J connectivity index is 1.43. The van der Waals surface area contributed by atoms with Crippen LogP contribution in [0.4, 0.5) is 5.69 Å². The summed E-state index contributed by atoms with van der Waals surface area (Å²) in [6.07, 6.45) is 3.13. The van der Waals surface area contributed by atoms with Crippen molar-refractivity contribution < 1.29 is 4.79 Å². The summed E-state index contributed by atoms with van der Waals surface area (Å²) in [7, 11) is 0. The van der Waals surface area contributed by atoms with Crippen molar-refractivity contribution >= 4 is 11.6 Å². The Morgan fingerprint density at radius 2 is 1.95 bits per heavy atom. The monoisotopic (exact) mass is 287 g/mol. The first kappa shape index (κ1) is 14.4. The van der Waals surface area contributed by atoms with Crippen LogP contribution in [0.5, 0.6) is 0 Å². The molecule has 0 aromatic heterocycles. The van der Waals surface area contributed by atoms with Crippen LogP contribution in [0.3, 0.4) is 0 Å². The van der Waals surface area contributed by atoms with Gasteiger partial charge in [0.15, 0.2) is 0 Å². The highest BCUT2D eigenvalue weighted by molar-refractivity contribution is 5.78. The maximum atomic E-state index is 12.2. The number of piperidine rings is 1. The maximum Gasteiger partial charge on any atom is 0.223 e. The Bertz CT molecular complexity index is 456. The van der Waals surface area contributed by atoms with Crippen molar-refractivity contribution in [2.24, 2.45) is 11.8 Å². The van der Waals surface area contributed by atoms with Crippen molar-refractivity contribution in [1.29, 1.82) is 0 Å². The lowest BCUT2D eigenvalue weighted by molar-refractivity contribution is -0.125. The summed E-state index contributed by atoms with van der Waals surface area (Å²) < 4.78 is 0. The van der Waals surface area contributed by atoms with Gasteiger partial charge in [0, 0.05) is 31.2 Å². The van der Waals surface area contributed by atoms with Crippen molar-refractivity contribution in [2.75, 3.05) is 37.6 Å². The smallest absolute Gasteiger partial charge is 0.223 e. The van der Waals surface area contributed by atoms with Crippen molar-refractivity contribution in [3.05, 3.63) is 30.3 Å². The summed E-state index contributed by atoms with van der Waals surface area (Å²) in [5.74, 6) is 1.06. The van der Waals surface area contributed by atoms with Crippen LogP contribution in [-0.2, 0) is 4.79 Å². The van der Waals surface area contributed by atoms with Crippen molar-refractivity contribution in [2.45, 2.75) is 19.3 Å². The molecule has 3 rings (SSSR count). The topological polar surface area (TPSA) is 44.4 Å². The molecule has 114 valence electrons. The van der Waals surface area contributed by atoms with E-state index in [1.54, 1.807) is 0 Å². The second kappa shape index (κ2) is 6.94. The molecule has 0 radical (unpaired) electrons. The van der Waals surface area contributed by atoms with Gasteiger partial charge in [0.2, 0.25) is 5.91 Å². The number of hydrogen-bond acceptors (Lipinski definition) is 3. The summed E-state index contributed by atoms with van der Waals surface area (Å²) in [5.41, 5.74) is 1.30. The van der Waals surface area contributed by atoms with E-state index in [1.165, 1.54) is 12.1 Å². The van der Waals surface area contributed by atoms with E-state index in [4.69, 9.17) is 0 Å². The molecule has 1 aromatic rings. The third kappa shape index (κ3) is 3.76. The first-order valence-electron chi connectivity index (χ1n) is 8.11. The van der Waals surface area contributed by atoms with Gasteiger partial charge in [-0.05, 0) is 50.4 Å². The number of carbonyl (C=O) groups is 1. The molecule has 0 aliphatic carbocycles. The molecule has 21 heavy (non-hydrogen) atoms. The van der Waals surface area contributed by atoms with Gasteiger partial charge in [-0.1, -0.05) is 18.2 Å². The van der Waals surface area contributed by atoms with Crippen molar-refractivity contribution in [1.82, 2.24) is 10.6 Å². The van der Waals surface area contributed by atoms with E-state index in [0.717, 1.165) is 45.6 Å². The summed E-state index contributed by atoms with van der Waals surface area (Å²) in [6.45, 7) is 4.92. The first-order chi connectivity index (χ1) is 10.3. The van der Waals surface area contributed by atoms with Crippen LogP contribution in [0.15, 0.2) is 30.3 Å². The minimum atomic E-state index is 0.220. The van der Waals surface area contributed by atoms with Crippen LogP contribution in [-0.4, -0.2) is 38.6 Å². The van der Waals surface area contributed by atoms with E-state index in [2.05, 4.69) is 45.9 Å². The normalized spacial score (nSPS) is 23.2. The molecule has 1 unspecified atom stereocenters. The molecule has 1 amide bonds. The third-order valence-electron chi connectivity index (χ3n) is 4.68. The van der Waals surface area contributed by atoms with Gasteiger partial charge in [0.25, 0.3) is 0 Å². The van der Waals surface area contributed by atoms with Crippen molar-refractivity contribution in [3.63, 3.8) is 0 Å². The molecule has 4 nitrogen and oxygen atoms in total. The largest absolute Gasteiger partial charge is 0.371 e. The Labute approximate surface area is 126 Å². The summed E-state index contributed by atoms with van der Waals surface area (Å²) in [6, 6.07) is 10.5. The number of carbonyl (C=O) groups excluding carboxylic acids is 1. The average molecular weight is 287 g/mol. The fraction of sp³-hybridized carbons (Fsp3) is 0.588. The lowest BCUT2D eigenvalue weighted by Gasteiger charge is -2.23. The van der Waals surface area contributed by atoms with Gasteiger partial charge >= 0.3 is 0 Å². The number of amides is 1. The molecule has 0 spiro atoms. The molecule has 2 aliphatic rings. The van der Waals surface area contributed by atoms with Crippen LogP contribution in [0, 0.1) is 11.8 Å². The Hall–Kier alpha value is -1.55. The lowest BCUT2D eigenvalue weighted by Crippen LogP contribution is -2.40. The summed E-state index contributed by atoms with van der Waals surface area (Å²) in [5, 5.41) is 6.48. The second-order valence-electron chi connectivity index (χ2n) is 6.21. The number of para-hydroxylation sites is 1. The van der Waals surface area contributed by atoms with Crippen LogP contribution < -0.4 is 15.5 Å². The summed E-state index contributed by atoms with van der Waals surface area (Å²) >= 11 is 0. The number of rotatable bonds is 4. The van der Waals surface area contributed by atoms with Gasteiger partial charge in [0.1, 0.15) is 0 Å². The predicted molar refractivity (Wildman–Crippen MR) is 85.4 cm³/mol. The van der Waals surface area contributed by atoms with Crippen molar-refractivity contribution in [3.8, 4) is 0 Å². The minimum absolute atomic E-state index is 0.220. The lowest BCUT2D eigenvalue weighted by atomic mass is 9.97. The van der Waals surface area contributed by atoms with E-state index in [9.17, 15) is 4.79 Å². The highest BCUT2D eigenvalue weighted by Crippen LogP contribution is 2.23. The SMILES string of the molecule is O=C(NCC1CCN(c2ccccc2)C1)C1CCNCC1. The molecule has 4 heteroatoms. The molecule has 0 bridgehead atoms. The third-order valence-corrected chi connectivity index (χ3v) is 4.68. The molecule has 2 heterocycles. The van der Waals surface area contributed by atoms with Crippen LogP contribution >= 0.6 is 0 Å². The molecule has 2 aliphatic heterocycles. The van der Waals surface area contributed by atoms with Crippen LogP contribution in [0.2, 0.25) is 0 Å². The maximum absolute atomic E-state index is 12.2. The molecule has 2 N–H and O–H groups in total. The number of hydrogen-bond donors (Lipinski definition) is 2. The summed E-state index contributed by atoms with van der Waals surface area (Å²) in [4.78, 5) is 14.6. The van der Waals surface area contributed by atoms with Gasteiger partial charge in [-0.2, -0.15) is 0 Å². The zero-order valence-corrected chi connectivity index (χ0v) is 12.6.